The molecule has 1 fully saturated rings. The Labute approximate surface area is 85.1 Å². The largest absolute Gasteiger partial charge is 0.300 e. The van der Waals surface area contributed by atoms with Crippen molar-refractivity contribution < 1.29 is 4.79 Å². The lowest BCUT2D eigenvalue weighted by Gasteiger charge is -2.10. The number of Topliss-reactive ketones (excluding diaryl/α,β-unsaturated/α-hetero) is 1. The van der Waals surface area contributed by atoms with Crippen LogP contribution in [-0.4, -0.2) is 5.78 Å². The number of carbonyl (C=O) groups is 1. The van der Waals surface area contributed by atoms with Crippen molar-refractivity contribution in [3.63, 3.8) is 0 Å². The minimum atomic E-state index is 0.424. The van der Waals surface area contributed by atoms with E-state index in [0.29, 0.717) is 11.7 Å². The number of benzene rings is 1. The van der Waals surface area contributed by atoms with Crippen LogP contribution in [0, 0.1) is 13.8 Å². The van der Waals surface area contributed by atoms with Crippen LogP contribution in [0.5, 0.6) is 0 Å². The minimum absolute atomic E-state index is 0.424. The van der Waals surface area contributed by atoms with Crippen LogP contribution in [0.1, 0.15) is 41.9 Å². The van der Waals surface area contributed by atoms with E-state index in [1.54, 1.807) is 0 Å². The Kier molecular flexibility index (Phi) is 2.40. The van der Waals surface area contributed by atoms with Crippen LogP contribution in [0.2, 0.25) is 0 Å². The van der Waals surface area contributed by atoms with Crippen molar-refractivity contribution in [2.75, 3.05) is 0 Å². The molecule has 1 heteroatoms. The van der Waals surface area contributed by atoms with Crippen LogP contribution in [0.25, 0.3) is 0 Å². The van der Waals surface area contributed by atoms with Crippen LogP contribution < -0.4 is 0 Å². The van der Waals surface area contributed by atoms with Gasteiger partial charge in [0.1, 0.15) is 5.78 Å². The number of hydrogen-bond acceptors (Lipinski definition) is 1. The normalized spacial score (nSPS) is 21.6. The molecule has 0 N–H and O–H groups in total. The number of hydrogen-bond donors (Lipinski definition) is 0. The average Bonchev–Trinajstić information content (AvgIpc) is 2.57. The van der Waals surface area contributed by atoms with Crippen LogP contribution in [0.4, 0.5) is 0 Å². The number of ketones is 1. The van der Waals surface area contributed by atoms with Crippen molar-refractivity contribution in [1.82, 2.24) is 0 Å². The van der Waals surface area contributed by atoms with Gasteiger partial charge in [0.2, 0.25) is 0 Å². The van der Waals surface area contributed by atoms with Gasteiger partial charge in [0.05, 0.1) is 0 Å². The first-order chi connectivity index (χ1) is 6.66. The monoisotopic (exact) mass is 188 g/mol. The summed E-state index contributed by atoms with van der Waals surface area (Å²) >= 11 is 0. The van der Waals surface area contributed by atoms with E-state index >= 15 is 0 Å². The quantitative estimate of drug-likeness (QED) is 0.661. The van der Waals surface area contributed by atoms with Gasteiger partial charge < -0.3 is 0 Å². The van der Waals surface area contributed by atoms with E-state index in [0.717, 1.165) is 19.3 Å². The van der Waals surface area contributed by atoms with Crippen LogP contribution >= 0.6 is 0 Å². The molecule has 1 aromatic rings. The second-order valence-corrected chi connectivity index (χ2v) is 4.32. The van der Waals surface area contributed by atoms with Crippen molar-refractivity contribution >= 4 is 5.78 Å². The molecular weight excluding hydrogens is 172 g/mol. The average molecular weight is 188 g/mol. The molecule has 0 saturated heterocycles. The highest BCUT2D eigenvalue weighted by Crippen LogP contribution is 2.32. The summed E-state index contributed by atoms with van der Waals surface area (Å²) in [6, 6.07) is 6.57. The fourth-order valence-corrected chi connectivity index (χ4v) is 2.12. The molecule has 2 rings (SSSR count). The van der Waals surface area contributed by atoms with Crippen molar-refractivity contribution in [2.24, 2.45) is 0 Å². The highest BCUT2D eigenvalue weighted by molar-refractivity contribution is 5.81. The molecule has 0 spiro atoms. The van der Waals surface area contributed by atoms with Gasteiger partial charge in [-0.05, 0) is 42.9 Å². The second-order valence-electron chi connectivity index (χ2n) is 4.32. The highest BCUT2D eigenvalue weighted by Gasteiger charge is 2.23. The lowest BCUT2D eigenvalue weighted by atomic mass is 9.94. The minimum Gasteiger partial charge on any atom is -0.300 e. The fourth-order valence-electron chi connectivity index (χ4n) is 2.12. The van der Waals surface area contributed by atoms with E-state index in [1.807, 2.05) is 0 Å². The SMILES string of the molecule is Cc1ccc([C@@H]2CCC(=O)C2)cc1C. The van der Waals surface area contributed by atoms with Crippen LogP contribution in [-0.2, 0) is 4.79 Å². The Balaban J connectivity index is 2.24. The maximum absolute atomic E-state index is 11.2. The topological polar surface area (TPSA) is 17.1 Å². The number of aryl methyl sites for hydroxylation is 2. The van der Waals surface area contributed by atoms with Gasteiger partial charge in [-0.2, -0.15) is 0 Å². The number of rotatable bonds is 1. The molecule has 74 valence electrons. The first-order valence-electron chi connectivity index (χ1n) is 5.25. The molecule has 1 aliphatic carbocycles. The standard InChI is InChI=1S/C13H16O/c1-9-3-4-11(7-10(9)2)12-5-6-13(14)8-12/h3-4,7,12H,5-6,8H2,1-2H3/t12-/m1/s1. The predicted molar refractivity (Wildman–Crippen MR) is 57.5 cm³/mol. The van der Waals surface area contributed by atoms with Gasteiger partial charge in [0.25, 0.3) is 0 Å². The third-order valence-electron chi connectivity index (χ3n) is 3.25. The van der Waals surface area contributed by atoms with Crippen molar-refractivity contribution in [3.05, 3.63) is 34.9 Å². The molecular formula is C13H16O. The summed E-state index contributed by atoms with van der Waals surface area (Å²) in [6.45, 7) is 4.26. The van der Waals surface area contributed by atoms with Gasteiger partial charge in [-0.25, -0.2) is 0 Å². The fraction of sp³-hybridized carbons (Fsp3) is 0.462. The van der Waals surface area contributed by atoms with Gasteiger partial charge in [0.15, 0.2) is 0 Å². The molecule has 0 bridgehead atoms. The van der Waals surface area contributed by atoms with Gasteiger partial charge in [-0.1, -0.05) is 18.2 Å². The van der Waals surface area contributed by atoms with Crippen molar-refractivity contribution in [2.45, 2.75) is 39.0 Å². The molecule has 0 unspecified atom stereocenters. The van der Waals surface area contributed by atoms with E-state index in [1.165, 1.54) is 16.7 Å². The first kappa shape index (κ1) is 9.45. The zero-order chi connectivity index (χ0) is 10.1. The first-order valence-corrected chi connectivity index (χ1v) is 5.25. The molecule has 0 aromatic heterocycles. The molecule has 0 heterocycles. The van der Waals surface area contributed by atoms with Crippen LogP contribution in [0.3, 0.4) is 0 Å². The molecule has 0 aliphatic heterocycles. The molecule has 1 aliphatic rings. The Morgan fingerprint density at radius 3 is 2.57 bits per heavy atom. The maximum Gasteiger partial charge on any atom is 0.133 e. The molecule has 1 atom stereocenters. The summed E-state index contributed by atoms with van der Waals surface area (Å²) < 4.78 is 0. The smallest absolute Gasteiger partial charge is 0.133 e. The van der Waals surface area contributed by atoms with E-state index in [-0.39, 0.29) is 0 Å². The van der Waals surface area contributed by atoms with E-state index in [4.69, 9.17) is 0 Å². The molecule has 0 amide bonds. The van der Waals surface area contributed by atoms with Crippen molar-refractivity contribution in [3.8, 4) is 0 Å². The van der Waals surface area contributed by atoms with Gasteiger partial charge in [-0.3, -0.25) is 4.79 Å². The summed E-state index contributed by atoms with van der Waals surface area (Å²) in [6.07, 6.45) is 2.57. The summed E-state index contributed by atoms with van der Waals surface area (Å²) in [7, 11) is 0. The van der Waals surface area contributed by atoms with Gasteiger partial charge in [-0.15, -0.1) is 0 Å². The lowest BCUT2D eigenvalue weighted by Crippen LogP contribution is -1.95. The molecule has 1 nitrogen and oxygen atoms in total. The Hall–Kier alpha value is -1.11. The van der Waals surface area contributed by atoms with Gasteiger partial charge >= 0.3 is 0 Å². The Morgan fingerprint density at radius 2 is 2.00 bits per heavy atom. The zero-order valence-corrected chi connectivity index (χ0v) is 8.84. The molecule has 14 heavy (non-hydrogen) atoms. The van der Waals surface area contributed by atoms with Gasteiger partial charge in [0, 0.05) is 12.8 Å². The maximum atomic E-state index is 11.2. The Morgan fingerprint density at radius 1 is 1.21 bits per heavy atom. The summed E-state index contributed by atoms with van der Waals surface area (Å²) in [5.74, 6) is 0.912. The highest BCUT2D eigenvalue weighted by atomic mass is 16.1. The van der Waals surface area contributed by atoms with E-state index in [2.05, 4.69) is 32.0 Å². The molecule has 0 radical (unpaired) electrons. The summed E-state index contributed by atoms with van der Waals surface area (Å²) in [5, 5.41) is 0. The van der Waals surface area contributed by atoms with Crippen LogP contribution in [0.15, 0.2) is 18.2 Å². The molecule has 1 aromatic carbocycles. The predicted octanol–water partition coefficient (Wildman–Crippen LogP) is 3.14. The van der Waals surface area contributed by atoms with E-state index in [9.17, 15) is 4.79 Å². The summed E-state index contributed by atoms with van der Waals surface area (Å²) in [5.41, 5.74) is 4.01. The zero-order valence-electron chi connectivity index (χ0n) is 8.84. The third-order valence-corrected chi connectivity index (χ3v) is 3.25. The number of carbonyl (C=O) groups excluding carboxylic acids is 1. The second kappa shape index (κ2) is 3.56. The van der Waals surface area contributed by atoms with Crippen molar-refractivity contribution in [1.29, 1.82) is 0 Å². The third kappa shape index (κ3) is 1.72. The Bertz CT molecular complexity index is 365. The van der Waals surface area contributed by atoms with E-state index < -0.39 is 0 Å². The molecule has 1 saturated carbocycles. The summed E-state index contributed by atoms with van der Waals surface area (Å²) in [4.78, 5) is 11.2. The lowest BCUT2D eigenvalue weighted by molar-refractivity contribution is -0.117.